The average Bonchev–Trinajstić information content (AvgIpc) is 0.762. The summed E-state index contributed by atoms with van der Waals surface area (Å²) in [5.74, 6) is -3.61. The number of ketones is 10. The summed E-state index contributed by atoms with van der Waals surface area (Å²) in [6, 6.07) is 53.4. The van der Waals surface area contributed by atoms with E-state index < -0.39 is 103 Å². The third kappa shape index (κ3) is 26.8. The van der Waals surface area contributed by atoms with Crippen molar-refractivity contribution >= 4 is 136 Å². The van der Waals surface area contributed by atoms with Crippen molar-refractivity contribution in [1.82, 2.24) is 22.8 Å². The molecule has 762 valence electrons. The maximum atomic E-state index is 14.6. The Morgan fingerprint density at radius 3 is 0.912 bits per heavy atom. The summed E-state index contributed by atoms with van der Waals surface area (Å²) in [4.78, 5) is 181. The number of pyridine rings is 5. The highest BCUT2D eigenvalue weighted by Crippen LogP contribution is 2.43. The zero-order valence-corrected chi connectivity index (χ0v) is 82.3. The largest absolute Gasteiger partial charge is 0.573 e. The standard InChI is InChI=1S/C22H18F3NO6.2C22H21NO6.C21H17Cl2NO5.C21H18FNO5/c1-12(27)7-10-16(28)19-20(29)14-9-8-13(11-15(14)26(2)21(19)30)31-17-5-3-4-6-18(17)32-22(23,24)25;1-13(24)7-10-19(25)20-21(26)17-9-8-16(12-18(17)23(2)22(20)27)29-15-6-4-5-14(11-15)28-3;1-13(24)8-11-17(25)20-21(26)15-10-9-14(12-16(15)23(2)22(20)27)29-19-7-5-4-6-18(19)28-3;1-11(25)3-8-17(26)19-20(27)14-6-5-13(10-16(14)24(2)21(19)28)29-18-9-12(22)4-7-15(18)23;1-12(24)8-9-17(25)19-20(26)14-10-15(22)18(11-16(14)23(2)21(19)27)28-13-6-4-3-5-7-13/h3-6,8-9,11,29H,7,10H2,1-2H3;4-6,8-9,11-12,26H,7,10H2,1-3H3;4-7,9-10,12,26H,8,11H2,1-3H3;4-7,9-10,27H,3,8H2,1-2H3;3-7,10-11,26H,8-9H2,1-2H3. The first kappa shape index (κ1) is 110. The number of fused-ring (bicyclic) bond motifs is 5. The number of benzene rings is 10. The minimum atomic E-state index is -4.91. The van der Waals surface area contributed by atoms with Crippen molar-refractivity contribution in [3.8, 4) is 103 Å². The molecule has 147 heavy (non-hydrogen) atoms. The number of nitrogens with zero attached hydrogens (tertiary/aromatic N) is 5. The molecular formula is C108H95Cl2F4N5O28. The SMILES string of the molecule is CC(=O)CCC(=O)c1c(O)c2cc(F)c(Oc3ccccc3)cc2n(C)c1=O.CC(=O)CCC(=O)c1c(O)c2ccc(Oc3cc(Cl)ccc3Cl)cc2n(C)c1=O.CC(=O)CCC(=O)c1c(O)c2ccc(Oc3ccccc3OC(F)(F)F)cc2n(C)c1=O.COc1cccc(Oc2ccc3c(O)c(C(=O)CCC(C)=O)c(=O)n(C)c3c2)c1.COc1ccccc1Oc1ccc2c(O)c(C(=O)CCC(C)=O)c(=O)n(C)c2c1. The highest BCUT2D eigenvalue weighted by molar-refractivity contribution is 6.34. The molecule has 0 saturated heterocycles. The topological polar surface area (TPSA) is 456 Å². The van der Waals surface area contributed by atoms with Crippen LogP contribution in [0.25, 0.3) is 54.5 Å². The number of alkyl halides is 3. The maximum absolute atomic E-state index is 14.6. The summed E-state index contributed by atoms with van der Waals surface area (Å²) < 4.78 is 101. The number of ether oxygens (including phenoxy) is 8. The first-order valence-electron chi connectivity index (χ1n) is 44.7. The monoisotopic (exact) mass is 2060 g/mol. The molecule has 0 fully saturated rings. The predicted molar refractivity (Wildman–Crippen MR) is 538 cm³/mol. The van der Waals surface area contributed by atoms with E-state index in [9.17, 15) is 115 Å². The zero-order chi connectivity index (χ0) is 108. The van der Waals surface area contributed by atoms with Crippen molar-refractivity contribution in [3.05, 3.63) is 302 Å². The van der Waals surface area contributed by atoms with E-state index in [2.05, 4.69) is 4.74 Å². The van der Waals surface area contributed by atoms with Crippen LogP contribution in [-0.2, 0) is 59.2 Å². The molecule has 15 rings (SSSR count). The molecule has 0 aliphatic carbocycles. The van der Waals surface area contributed by atoms with Gasteiger partial charge >= 0.3 is 6.36 Å². The van der Waals surface area contributed by atoms with Gasteiger partial charge in [-0.1, -0.05) is 71.7 Å². The first-order chi connectivity index (χ1) is 69.6. The molecule has 5 N–H and O–H groups in total. The van der Waals surface area contributed by atoms with E-state index in [1.165, 1.54) is 133 Å². The van der Waals surface area contributed by atoms with Crippen LogP contribution in [0.2, 0.25) is 10.0 Å². The third-order valence-corrected chi connectivity index (χ3v) is 23.2. The molecular weight excluding hydrogens is 1960 g/mol. The highest BCUT2D eigenvalue weighted by atomic mass is 35.5. The van der Waals surface area contributed by atoms with Crippen molar-refractivity contribution in [3.63, 3.8) is 0 Å². The van der Waals surface area contributed by atoms with Crippen LogP contribution in [0.4, 0.5) is 17.6 Å². The maximum Gasteiger partial charge on any atom is 0.573 e. The molecule has 5 heterocycles. The number of carbonyl (C=O) groups excluding carboxylic acids is 10. The van der Waals surface area contributed by atoms with Crippen LogP contribution in [0.3, 0.4) is 0 Å². The van der Waals surface area contributed by atoms with Crippen molar-refractivity contribution < 1.29 is 129 Å². The predicted octanol–water partition coefficient (Wildman–Crippen LogP) is 20.3. The minimum absolute atomic E-state index is 0.00573. The quantitative estimate of drug-likeness (QED) is 0.0188. The van der Waals surface area contributed by atoms with Gasteiger partial charge in [-0.05, 0) is 150 Å². The van der Waals surface area contributed by atoms with Gasteiger partial charge < -0.3 is 110 Å². The number of aromatic hydroxyl groups is 5. The Morgan fingerprint density at radius 2 is 0.571 bits per heavy atom. The molecule has 0 bridgehead atoms. The number of aromatic nitrogens is 5. The number of hydrogen-bond acceptors (Lipinski definition) is 28. The van der Waals surface area contributed by atoms with Gasteiger partial charge in [0.05, 0.1) is 46.8 Å². The van der Waals surface area contributed by atoms with Gasteiger partial charge in [0.1, 0.15) is 131 Å². The molecule has 0 unspecified atom stereocenters. The molecule has 0 radical (unpaired) electrons. The number of aryl methyl sites for hydroxylation is 5. The van der Waals surface area contributed by atoms with Crippen LogP contribution in [-0.4, -0.2) is 127 Å². The lowest BCUT2D eigenvalue weighted by Gasteiger charge is -2.15. The van der Waals surface area contributed by atoms with E-state index in [4.69, 9.17) is 56.4 Å². The molecule has 0 spiro atoms. The average molecular weight is 2060 g/mol. The Morgan fingerprint density at radius 1 is 0.286 bits per heavy atom. The van der Waals surface area contributed by atoms with Gasteiger partial charge in [-0.25, -0.2) is 4.39 Å². The number of Topliss-reactive ketones (excluding diaryl/α,β-unsaturated/α-hetero) is 10. The summed E-state index contributed by atoms with van der Waals surface area (Å²) in [5.41, 5.74) is -3.65. The van der Waals surface area contributed by atoms with Gasteiger partial charge in [-0.3, -0.25) is 47.9 Å². The zero-order valence-electron chi connectivity index (χ0n) is 80.8. The Balaban J connectivity index is 0.000000175. The summed E-state index contributed by atoms with van der Waals surface area (Å²) in [5, 5.41) is 54.7. The van der Waals surface area contributed by atoms with E-state index in [1.807, 2.05) is 6.07 Å². The fourth-order valence-corrected chi connectivity index (χ4v) is 15.3. The van der Waals surface area contributed by atoms with Crippen LogP contribution in [0.15, 0.2) is 230 Å². The van der Waals surface area contributed by atoms with Crippen LogP contribution >= 0.6 is 23.2 Å². The number of hydrogen-bond donors (Lipinski definition) is 5. The number of para-hydroxylation sites is 5. The molecule has 0 atom stereocenters. The second-order valence-electron chi connectivity index (χ2n) is 33.3. The Hall–Kier alpha value is -17.4. The van der Waals surface area contributed by atoms with Crippen LogP contribution < -0.4 is 65.7 Å². The molecule has 0 saturated carbocycles. The van der Waals surface area contributed by atoms with Gasteiger partial charge in [-0.15, -0.1) is 13.2 Å². The van der Waals surface area contributed by atoms with Crippen molar-refractivity contribution in [2.24, 2.45) is 35.2 Å². The Bertz CT molecular complexity index is 8110. The summed E-state index contributed by atoms with van der Waals surface area (Å²) in [6.45, 7) is 6.74. The molecule has 33 nitrogen and oxygen atoms in total. The molecule has 0 amide bonds. The van der Waals surface area contributed by atoms with Gasteiger partial charge in [0, 0.05) is 174 Å². The fourth-order valence-electron chi connectivity index (χ4n) is 15.0. The Labute approximate surface area is 842 Å². The van der Waals surface area contributed by atoms with Gasteiger partial charge in [0.15, 0.2) is 63.5 Å². The van der Waals surface area contributed by atoms with E-state index in [1.54, 1.807) is 153 Å². The molecule has 15 aromatic rings. The first-order valence-corrected chi connectivity index (χ1v) is 45.5. The van der Waals surface area contributed by atoms with Gasteiger partial charge in [0.25, 0.3) is 27.8 Å². The van der Waals surface area contributed by atoms with E-state index >= 15 is 0 Å². The third-order valence-electron chi connectivity index (χ3n) is 22.7. The lowest BCUT2D eigenvalue weighted by Crippen LogP contribution is -2.25. The summed E-state index contributed by atoms with van der Waals surface area (Å²) in [6.07, 6.45) is -5.79. The highest BCUT2D eigenvalue weighted by Gasteiger charge is 2.34. The smallest absolute Gasteiger partial charge is 0.506 e. The number of methoxy groups -OCH3 is 2. The summed E-state index contributed by atoms with van der Waals surface area (Å²) >= 11 is 12.1. The number of halogens is 6. The van der Waals surface area contributed by atoms with Crippen LogP contribution in [0, 0.1) is 5.82 Å². The number of carbonyl (C=O) groups is 10. The molecule has 10 aromatic carbocycles. The molecule has 39 heteroatoms. The van der Waals surface area contributed by atoms with Crippen LogP contribution in [0.5, 0.6) is 103 Å². The van der Waals surface area contributed by atoms with Gasteiger partial charge in [-0.2, -0.15) is 0 Å². The normalized spacial score (nSPS) is 10.9. The van der Waals surface area contributed by atoms with Crippen molar-refractivity contribution in [2.75, 3.05) is 14.2 Å². The minimum Gasteiger partial charge on any atom is -0.506 e. The van der Waals surface area contributed by atoms with Gasteiger partial charge in [0.2, 0.25) is 0 Å². The van der Waals surface area contributed by atoms with E-state index in [0.717, 1.165) is 21.3 Å². The fraction of sp³-hybridized carbons (Fsp3) is 0.213. The van der Waals surface area contributed by atoms with Crippen LogP contribution in [0.1, 0.15) is 151 Å². The molecule has 0 aliphatic rings. The second-order valence-corrected chi connectivity index (χ2v) is 34.1. The summed E-state index contributed by atoms with van der Waals surface area (Å²) in [7, 11) is 10.4. The second kappa shape index (κ2) is 48.2. The Kier molecular flexibility index (Phi) is 36.0. The van der Waals surface area contributed by atoms with E-state index in [-0.39, 0.29) is 160 Å². The number of rotatable bonds is 33. The van der Waals surface area contributed by atoms with E-state index in [0.29, 0.717) is 94.5 Å². The molecule has 5 aromatic heterocycles. The lowest BCUT2D eigenvalue weighted by molar-refractivity contribution is -0.275. The van der Waals surface area contributed by atoms with Crippen molar-refractivity contribution in [1.29, 1.82) is 0 Å². The molecule has 0 aliphatic heterocycles. The lowest BCUT2D eigenvalue weighted by atomic mass is 10.0. The van der Waals surface area contributed by atoms with Crippen molar-refractivity contribution in [2.45, 2.75) is 105 Å².